The standard InChI is InChI=1S/C9H9F6NO4/c10-8(11,12)6(17)19-5-3-1-2-4-16(5)20-7(18)9(13,14)15/h5H,1-4H2. The lowest BCUT2D eigenvalue weighted by Crippen LogP contribution is -2.47. The van der Waals surface area contributed by atoms with Gasteiger partial charge in [-0.2, -0.15) is 26.3 Å². The van der Waals surface area contributed by atoms with Crippen molar-refractivity contribution < 1.29 is 45.5 Å². The normalized spacial score (nSPS) is 21.4. The summed E-state index contributed by atoms with van der Waals surface area (Å²) >= 11 is 0. The van der Waals surface area contributed by atoms with Gasteiger partial charge in [0.25, 0.3) is 0 Å². The number of esters is 1. The third-order valence-electron chi connectivity index (χ3n) is 2.31. The summed E-state index contributed by atoms with van der Waals surface area (Å²) in [4.78, 5) is 25.1. The summed E-state index contributed by atoms with van der Waals surface area (Å²) in [7, 11) is 0. The van der Waals surface area contributed by atoms with E-state index in [1.165, 1.54) is 0 Å². The van der Waals surface area contributed by atoms with Gasteiger partial charge in [-0.25, -0.2) is 9.59 Å². The number of piperidine rings is 1. The molecule has 11 heteroatoms. The third-order valence-corrected chi connectivity index (χ3v) is 2.31. The zero-order chi connectivity index (χ0) is 15.6. The highest BCUT2D eigenvalue weighted by Gasteiger charge is 2.46. The van der Waals surface area contributed by atoms with Crippen molar-refractivity contribution in [2.45, 2.75) is 37.8 Å². The monoisotopic (exact) mass is 309 g/mol. The molecule has 5 nitrogen and oxygen atoms in total. The van der Waals surface area contributed by atoms with Crippen LogP contribution in [0.1, 0.15) is 19.3 Å². The van der Waals surface area contributed by atoms with Crippen molar-refractivity contribution in [2.75, 3.05) is 6.54 Å². The van der Waals surface area contributed by atoms with E-state index in [1.807, 2.05) is 0 Å². The number of carbonyl (C=O) groups excluding carboxylic acids is 2. The second-order valence-corrected chi connectivity index (χ2v) is 3.87. The molecule has 1 heterocycles. The molecule has 1 atom stereocenters. The number of hydrogen-bond acceptors (Lipinski definition) is 5. The van der Waals surface area contributed by atoms with E-state index in [2.05, 4.69) is 9.57 Å². The summed E-state index contributed by atoms with van der Waals surface area (Å²) in [5, 5.41) is 0.295. The summed E-state index contributed by atoms with van der Waals surface area (Å²) in [5.41, 5.74) is 0. The van der Waals surface area contributed by atoms with Gasteiger partial charge in [0.15, 0.2) is 6.23 Å². The van der Waals surface area contributed by atoms with Crippen LogP contribution in [0, 0.1) is 0 Å². The third kappa shape index (κ3) is 4.54. The Morgan fingerprint density at radius 2 is 1.50 bits per heavy atom. The Hall–Kier alpha value is -1.52. The van der Waals surface area contributed by atoms with E-state index in [0.29, 0.717) is 11.5 Å². The predicted molar refractivity (Wildman–Crippen MR) is 48.6 cm³/mol. The van der Waals surface area contributed by atoms with Crippen LogP contribution in [0.2, 0.25) is 0 Å². The zero-order valence-electron chi connectivity index (χ0n) is 9.75. The lowest BCUT2D eigenvalue weighted by molar-refractivity contribution is -0.283. The van der Waals surface area contributed by atoms with E-state index in [0.717, 1.165) is 0 Å². The molecular formula is C9H9F6NO4. The number of hydroxylamine groups is 2. The lowest BCUT2D eigenvalue weighted by Gasteiger charge is -2.33. The minimum atomic E-state index is -5.30. The maximum atomic E-state index is 12.0. The Morgan fingerprint density at radius 1 is 0.950 bits per heavy atom. The Bertz CT molecular complexity index is 344. The SMILES string of the molecule is O=C(OC1CCCCN1OC(=O)C(F)(F)F)C(F)(F)F. The van der Waals surface area contributed by atoms with Crippen LogP contribution in [0.25, 0.3) is 0 Å². The highest BCUT2D eigenvalue weighted by molar-refractivity contribution is 5.76. The molecule has 0 aromatic rings. The van der Waals surface area contributed by atoms with Gasteiger partial charge in [0, 0.05) is 13.0 Å². The van der Waals surface area contributed by atoms with Crippen LogP contribution in [0.3, 0.4) is 0 Å². The van der Waals surface area contributed by atoms with Gasteiger partial charge < -0.3 is 9.57 Å². The van der Waals surface area contributed by atoms with Crippen LogP contribution in [-0.4, -0.2) is 42.1 Å². The molecule has 0 spiro atoms. The van der Waals surface area contributed by atoms with Gasteiger partial charge in [0.05, 0.1) is 0 Å². The van der Waals surface area contributed by atoms with Crippen molar-refractivity contribution in [2.24, 2.45) is 0 Å². The fourth-order valence-electron chi connectivity index (χ4n) is 1.45. The van der Waals surface area contributed by atoms with Crippen molar-refractivity contribution in [3.05, 3.63) is 0 Å². The second kappa shape index (κ2) is 5.85. The van der Waals surface area contributed by atoms with Gasteiger partial charge >= 0.3 is 24.3 Å². The fraction of sp³-hybridized carbons (Fsp3) is 0.778. The van der Waals surface area contributed by atoms with Gasteiger partial charge in [-0.1, -0.05) is 5.06 Å². The molecule has 1 aliphatic heterocycles. The maximum Gasteiger partial charge on any atom is 0.492 e. The molecule has 0 aliphatic carbocycles. The molecule has 0 radical (unpaired) electrons. The first-order valence-corrected chi connectivity index (χ1v) is 5.35. The number of hydrogen-bond donors (Lipinski definition) is 0. The van der Waals surface area contributed by atoms with Crippen LogP contribution in [0.5, 0.6) is 0 Å². The zero-order valence-corrected chi connectivity index (χ0v) is 9.75. The van der Waals surface area contributed by atoms with Gasteiger partial charge in [-0.05, 0) is 12.8 Å². The van der Waals surface area contributed by atoms with E-state index < -0.39 is 30.5 Å². The van der Waals surface area contributed by atoms with E-state index in [4.69, 9.17) is 0 Å². The van der Waals surface area contributed by atoms with Crippen molar-refractivity contribution in [3.63, 3.8) is 0 Å². The fourth-order valence-corrected chi connectivity index (χ4v) is 1.45. The Labute approximate surface area is 108 Å². The quantitative estimate of drug-likeness (QED) is 0.576. The second-order valence-electron chi connectivity index (χ2n) is 3.87. The smallest absolute Gasteiger partial charge is 0.437 e. The highest BCUT2D eigenvalue weighted by atomic mass is 19.4. The molecular weight excluding hydrogens is 300 g/mol. The summed E-state index contributed by atoms with van der Waals surface area (Å²) in [6.07, 6.45) is -11.8. The number of alkyl halides is 6. The molecule has 1 saturated heterocycles. The molecule has 0 N–H and O–H groups in total. The van der Waals surface area contributed by atoms with Crippen LogP contribution in [-0.2, 0) is 19.2 Å². The van der Waals surface area contributed by atoms with Crippen molar-refractivity contribution >= 4 is 11.9 Å². The summed E-state index contributed by atoms with van der Waals surface area (Å²) in [5.74, 6) is -5.15. The Kier molecular flexibility index (Phi) is 4.84. The predicted octanol–water partition coefficient (Wildman–Crippen LogP) is 1.92. The summed E-state index contributed by atoms with van der Waals surface area (Å²) in [6, 6.07) is 0. The average molecular weight is 309 g/mol. The van der Waals surface area contributed by atoms with Crippen molar-refractivity contribution in [1.82, 2.24) is 5.06 Å². The topological polar surface area (TPSA) is 55.8 Å². The van der Waals surface area contributed by atoms with Crippen LogP contribution >= 0.6 is 0 Å². The molecule has 1 fully saturated rings. The molecule has 0 amide bonds. The van der Waals surface area contributed by atoms with Gasteiger partial charge in [-0.3, -0.25) is 0 Å². The minimum Gasteiger partial charge on any atom is -0.437 e. The maximum absolute atomic E-state index is 12.0. The molecule has 1 aliphatic rings. The first-order valence-electron chi connectivity index (χ1n) is 5.35. The average Bonchev–Trinajstić information content (AvgIpc) is 2.29. The molecule has 116 valence electrons. The van der Waals surface area contributed by atoms with Crippen LogP contribution < -0.4 is 0 Å². The van der Waals surface area contributed by atoms with E-state index in [-0.39, 0.29) is 19.4 Å². The van der Waals surface area contributed by atoms with Gasteiger partial charge in [-0.15, -0.1) is 0 Å². The highest BCUT2D eigenvalue weighted by Crippen LogP contribution is 2.25. The first kappa shape index (κ1) is 16.5. The summed E-state index contributed by atoms with van der Waals surface area (Å²) in [6.45, 7) is -0.266. The molecule has 0 bridgehead atoms. The molecule has 20 heavy (non-hydrogen) atoms. The number of halogens is 6. The van der Waals surface area contributed by atoms with E-state index in [1.54, 1.807) is 0 Å². The van der Waals surface area contributed by atoms with Crippen LogP contribution in [0.4, 0.5) is 26.3 Å². The van der Waals surface area contributed by atoms with E-state index in [9.17, 15) is 35.9 Å². The lowest BCUT2D eigenvalue weighted by atomic mass is 10.1. The number of ether oxygens (including phenoxy) is 1. The number of rotatable bonds is 2. The molecule has 0 aromatic heterocycles. The Morgan fingerprint density at radius 3 is 2.00 bits per heavy atom. The van der Waals surface area contributed by atoms with E-state index >= 15 is 0 Å². The Balaban J connectivity index is 2.68. The van der Waals surface area contributed by atoms with Crippen molar-refractivity contribution in [1.29, 1.82) is 0 Å². The summed E-state index contributed by atoms with van der Waals surface area (Å²) < 4.78 is 76.0. The van der Waals surface area contributed by atoms with Crippen LogP contribution in [0.15, 0.2) is 0 Å². The van der Waals surface area contributed by atoms with Gasteiger partial charge in [0.1, 0.15) is 0 Å². The first-order chi connectivity index (χ1) is 9.01. The largest absolute Gasteiger partial charge is 0.492 e. The molecule has 1 rings (SSSR count). The number of nitrogens with zero attached hydrogens (tertiary/aromatic N) is 1. The molecule has 0 aromatic carbocycles. The minimum absolute atomic E-state index is 0.174. The number of carbonyl (C=O) groups is 2. The molecule has 1 unspecified atom stereocenters. The van der Waals surface area contributed by atoms with Gasteiger partial charge in [0.2, 0.25) is 0 Å². The molecule has 0 saturated carbocycles. The van der Waals surface area contributed by atoms with Crippen molar-refractivity contribution in [3.8, 4) is 0 Å².